The molecule has 1 N–H and O–H groups in total. The van der Waals surface area contributed by atoms with Crippen LogP contribution in [0.5, 0.6) is 11.5 Å². The van der Waals surface area contributed by atoms with Crippen LogP contribution in [0.1, 0.15) is 29.1 Å². The zero-order valence-electron chi connectivity index (χ0n) is 16.9. The van der Waals surface area contributed by atoms with Crippen LogP contribution >= 0.6 is 12.2 Å². The van der Waals surface area contributed by atoms with E-state index in [4.69, 9.17) is 21.4 Å². The molecule has 1 saturated heterocycles. The lowest BCUT2D eigenvalue weighted by Gasteiger charge is -2.26. The van der Waals surface area contributed by atoms with Gasteiger partial charge in [0.1, 0.15) is 23.3 Å². The summed E-state index contributed by atoms with van der Waals surface area (Å²) in [4.78, 5) is 6.62. The average Bonchev–Trinajstić information content (AvgIpc) is 3.44. The van der Waals surface area contributed by atoms with Gasteiger partial charge in [0, 0.05) is 11.9 Å². The van der Waals surface area contributed by atoms with Crippen LogP contribution < -0.4 is 15.0 Å². The number of thiocarbonyl (C=S) groups is 1. The van der Waals surface area contributed by atoms with Crippen molar-refractivity contribution in [2.24, 2.45) is 0 Å². The molecule has 4 aromatic rings. The minimum Gasteiger partial charge on any atom is -0.467 e. The lowest BCUT2D eigenvalue weighted by atomic mass is 10.0. The van der Waals surface area contributed by atoms with Crippen molar-refractivity contribution in [2.45, 2.75) is 19.0 Å². The third-order valence-corrected chi connectivity index (χ3v) is 5.68. The molecule has 6 heteroatoms. The summed E-state index contributed by atoms with van der Waals surface area (Å²) < 4.78 is 11.8. The van der Waals surface area contributed by atoms with Crippen LogP contribution in [0.2, 0.25) is 0 Å². The molecule has 0 spiro atoms. The van der Waals surface area contributed by atoms with E-state index in [9.17, 15) is 0 Å². The number of anilines is 1. The molecule has 0 bridgehead atoms. The highest BCUT2D eigenvalue weighted by Gasteiger charge is 2.42. The number of aryl methyl sites for hydroxylation is 1. The molecule has 0 aliphatic carbocycles. The zero-order chi connectivity index (χ0) is 21.2. The van der Waals surface area contributed by atoms with Crippen molar-refractivity contribution in [1.29, 1.82) is 0 Å². The lowest BCUT2D eigenvalue weighted by molar-refractivity contribution is 0.432. The largest absolute Gasteiger partial charge is 0.467 e. The maximum absolute atomic E-state index is 6.05. The van der Waals surface area contributed by atoms with Gasteiger partial charge in [-0.25, -0.2) is 0 Å². The van der Waals surface area contributed by atoms with E-state index in [1.807, 2.05) is 85.8 Å². The summed E-state index contributed by atoms with van der Waals surface area (Å²) in [5.74, 6) is 2.44. The second kappa shape index (κ2) is 8.24. The number of hydrogen-bond donors (Lipinski definition) is 1. The Morgan fingerprint density at radius 2 is 1.77 bits per heavy atom. The fraction of sp³-hybridized carbons (Fsp3) is 0.120. The van der Waals surface area contributed by atoms with Gasteiger partial charge in [-0.1, -0.05) is 24.3 Å². The average molecular weight is 428 g/mol. The van der Waals surface area contributed by atoms with Crippen molar-refractivity contribution in [3.05, 3.63) is 108 Å². The quantitative estimate of drug-likeness (QED) is 0.397. The third-order valence-electron chi connectivity index (χ3n) is 5.37. The molecular formula is C25H21N3O2S. The lowest BCUT2D eigenvalue weighted by Crippen LogP contribution is -2.29. The fourth-order valence-corrected chi connectivity index (χ4v) is 4.20. The Kier molecular flexibility index (Phi) is 5.14. The highest BCUT2D eigenvalue weighted by molar-refractivity contribution is 7.80. The Morgan fingerprint density at radius 3 is 2.48 bits per heavy atom. The maximum Gasteiger partial charge on any atom is 0.174 e. The Bertz CT molecular complexity index is 1180. The first-order valence-corrected chi connectivity index (χ1v) is 10.5. The number of aromatic nitrogens is 1. The van der Waals surface area contributed by atoms with Gasteiger partial charge in [0.2, 0.25) is 0 Å². The van der Waals surface area contributed by atoms with Crippen molar-refractivity contribution in [2.75, 3.05) is 4.90 Å². The van der Waals surface area contributed by atoms with Crippen LogP contribution in [0, 0.1) is 6.92 Å². The predicted molar refractivity (Wildman–Crippen MR) is 124 cm³/mol. The van der Waals surface area contributed by atoms with Crippen molar-refractivity contribution in [1.82, 2.24) is 10.3 Å². The molecule has 31 heavy (non-hydrogen) atoms. The van der Waals surface area contributed by atoms with Crippen molar-refractivity contribution < 1.29 is 9.15 Å². The molecule has 2 unspecified atom stereocenters. The van der Waals surface area contributed by atoms with Crippen LogP contribution in [0.15, 0.2) is 95.7 Å². The van der Waals surface area contributed by atoms with Gasteiger partial charge in [0.05, 0.1) is 18.0 Å². The van der Waals surface area contributed by atoms with Crippen molar-refractivity contribution in [3.8, 4) is 11.5 Å². The van der Waals surface area contributed by atoms with Gasteiger partial charge in [0.25, 0.3) is 0 Å². The van der Waals surface area contributed by atoms with Gasteiger partial charge in [-0.15, -0.1) is 0 Å². The third kappa shape index (κ3) is 3.78. The number of pyridine rings is 1. The molecule has 0 saturated carbocycles. The molecule has 1 aliphatic heterocycles. The molecule has 5 nitrogen and oxygen atoms in total. The van der Waals surface area contributed by atoms with E-state index >= 15 is 0 Å². The van der Waals surface area contributed by atoms with Gasteiger partial charge in [-0.3, -0.25) is 4.98 Å². The number of hydrogen-bond acceptors (Lipinski definition) is 4. The number of furan rings is 1. The molecule has 154 valence electrons. The van der Waals surface area contributed by atoms with Crippen LogP contribution in [0.4, 0.5) is 5.69 Å². The maximum atomic E-state index is 6.05. The number of nitrogens with zero attached hydrogens (tertiary/aromatic N) is 2. The van der Waals surface area contributed by atoms with Crippen LogP contribution in [-0.2, 0) is 0 Å². The summed E-state index contributed by atoms with van der Waals surface area (Å²) in [6.07, 6.45) is 3.48. The topological polar surface area (TPSA) is 50.5 Å². The number of benzene rings is 2. The summed E-state index contributed by atoms with van der Waals surface area (Å²) in [6, 6.07) is 25.4. The summed E-state index contributed by atoms with van der Waals surface area (Å²) in [6.45, 7) is 2.03. The van der Waals surface area contributed by atoms with Gasteiger partial charge < -0.3 is 19.4 Å². The van der Waals surface area contributed by atoms with Gasteiger partial charge in [-0.2, -0.15) is 0 Å². The Labute approximate surface area is 186 Å². The first-order chi connectivity index (χ1) is 15.2. The molecular weight excluding hydrogens is 406 g/mol. The molecule has 0 amide bonds. The van der Waals surface area contributed by atoms with Crippen molar-refractivity contribution >= 4 is 23.0 Å². The Morgan fingerprint density at radius 1 is 0.968 bits per heavy atom. The summed E-state index contributed by atoms with van der Waals surface area (Å²) in [5, 5.41) is 4.05. The number of nitrogens with one attached hydrogen (secondary N) is 1. The van der Waals surface area contributed by atoms with Gasteiger partial charge in [0.15, 0.2) is 5.11 Å². The van der Waals surface area contributed by atoms with E-state index in [2.05, 4.69) is 15.2 Å². The standard InChI is InChI=1S/C25H21N3O2S/c1-17-7-2-3-9-21(17)30-19-13-11-18(12-14-19)28-24(22-10-6-16-29-22)23(27-25(28)31)20-8-4-5-15-26-20/h2-16,23-24H,1H3,(H,27,31). The van der Waals surface area contributed by atoms with Gasteiger partial charge >= 0.3 is 0 Å². The normalized spacial score (nSPS) is 18.1. The monoisotopic (exact) mass is 427 g/mol. The molecule has 2 atom stereocenters. The molecule has 1 fully saturated rings. The predicted octanol–water partition coefficient (Wildman–Crippen LogP) is 5.95. The van der Waals surface area contributed by atoms with Crippen LogP contribution in [-0.4, -0.2) is 10.1 Å². The van der Waals surface area contributed by atoms with E-state index in [1.165, 1.54) is 0 Å². The van der Waals surface area contributed by atoms with Crippen molar-refractivity contribution in [3.63, 3.8) is 0 Å². The van der Waals surface area contributed by atoms with Crippen LogP contribution in [0.3, 0.4) is 0 Å². The number of ether oxygens (including phenoxy) is 1. The van der Waals surface area contributed by atoms with Crippen LogP contribution in [0.25, 0.3) is 0 Å². The fourth-order valence-electron chi connectivity index (χ4n) is 3.85. The van der Waals surface area contributed by atoms with E-state index in [-0.39, 0.29) is 12.1 Å². The zero-order valence-corrected chi connectivity index (χ0v) is 17.8. The first kappa shape index (κ1) is 19.3. The molecule has 3 heterocycles. The van der Waals surface area contributed by atoms with E-state index < -0.39 is 0 Å². The minimum atomic E-state index is -0.152. The Hall–Kier alpha value is -3.64. The molecule has 2 aromatic carbocycles. The molecule has 1 aliphatic rings. The highest BCUT2D eigenvalue weighted by atomic mass is 32.1. The minimum absolute atomic E-state index is 0.122. The molecule has 2 aromatic heterocycles. The van der Waals surface area contributed by atoms with Gasteiger partial charge in [-0.05, 0) is 79.3 Å². The molecule has 5 rings (SSSR count). The second-order valence-corrected chi connectivity index (χ2v) is 7.76. The smallest absolute Gasteiger partial charge is 0.174 e. The highest BCUT2D eigenvalue weighted by Crippen LogP contribution is 2.42. The second-order valence-electron chi connectivity index (χ2n) is 7.37. The van der Waals surface area contributed by atoms with E-state index in [1.54, 1.807) is 12.5 Å². The van der Waals surface area contributed by atoms with E-state index in [0.29, 0.717) is 5.11 Å². The molecule has 0 radical (unpaired) electrons. The summed E-state index contributed by atoms with van der Waals surface area (Å²) in [7, 11) is 0. The summed E-state index contributed by atoms with van der Waals surface area (Å²) >= 11 is 5.72. The Balaban J connectivity index is 1.46. The SMILES string of the molecule is Cc1ccccc1Oc1ccc(N2C(=S)NC(c3ccccn3)C2c2ccco2)cc1. The number of para-hydroxylation sites is 1. The number of rotatable bonds is 5. The van der Waals surface area contributed by atoms with E-state index in [0.717, 1.165) is 34.2 Å². The first-order valence-electron chi connectivity index (χ1n) is 10.1. The summed E-state index contributed by atoms with van der Waals surface area (Å²) in [5.41, 5.74) is 2.95.